The lowest BCUT2D eigenvalue weighted by Gasteiger charge is -2.28. The monoisotopic (exact) mass is 844 g/mol. The highest BCUT2D eigenvalue weighted by Crippen LogP contribution is 2.35. The zero-order valence-corrected chi connectivity index (χ0v) is 30.0. The van der Waals surface area contributed by atoms with Gasteiger partial charge in [0.05, 0.1) is 35.1 Å². The van der Waals surface area contributed by atoms with E-state index in [-0.39, 0.29) is 36.9 Å². The smallest absolute Gasteiger partial charge is 0.338 e. The Morgan fingerprint density at radius 2 is 1.89 bits per heavy atom. The van der Waals surface area contributed by atoms with Gasteiger partial charge < -0.3 is 29.6 Å². The standard InChI is InChI=1S/C31H28BrCl2IN4O7/c1-4-44-30(41)27-16(2)37-31(42)38-28(27)17-6-8-24(25(10-17)43-3)45-15-26(40)39-36-13-19-9-20(32)11-23(35)29(19)46-14-18-5-7-21(33)12-22(18)34/h5-13,28H,4,14-15H2,1-3H3,(H,39,40)(H2,37,38,42)/b36-13+/t28-/m0/s1. The molecule has 0 radical (unpaired) electrons. The molecule has 242 valence electrons. The molecule has 0 fully saturated rings. The number of hydrogen-bond donors (Lipinski definition) is 3. The number of ether oxygens (including phenoxy) is 4. The van der Waals surface area contributed by atoms with Crippen molar-refractivity contribution in [2.75, 3.05) is 20.3 Å². The molecule has 4 rings (SSSR count). The number of urea groups is 1. The minimum atomic E-state index is -0.786. The van der Waals surface area contributed by atoms with E-state index in [1.54, 1.807) is 56.3 Å². The number of carbonyl (C=O) groups excluding carboxylic acids is 3. The van der Waals surface area contributed by atoms with Crippen LogP contribution >= 0.6 is 61.7 Å². The molecule has 1 atom stereocenters. The van der Waals surface area contributed by atoms with Crippen LogP contribution in [0.15, 0.2) is 69.4 Å². The van der Waals surface area contributed by atoms with Crippen LogP contribution < -0.4 is 30.3 Å². The number of hydrazone groups is 1. The highest BCUT2D eigenvalue weighted by molar-refractivity contribution is 14.1. The molecule has 1 aliphatic heterocycles. The third-order valence-corrected chi connectivity index (χ3v) is 8.31. The number of methoxy groups -OCH3 is 1. The first-order valence-electron chi connectivity index (χ1n) is 13.6. The summed E-state index contributed by atoms with van der Waals surface area (Å²) >= 11 is 17.9. The minimum Gasteiger partial charge on any atom is -0.493 e. The fourth-order valence-electron chi connectivity index (χ4n) is 4.37. The molecule has 0 aromatic heterocycles. The van der Waals surface area contributed by atoms with Crippen LogP contribution in [0.2, 0.25) is 10.0 Å². The van der Waals surface area contributed by atoms with Gasteiger partial charge in [0.15, 0.2) is 18.1 Å². The summed E-state index contributed by atoms with van der Waals surface area (Å²) in [5.74, 6) is 0.0123. The van der Waals surface area contributed by atoms with Crippen LogP contribution in [0.4, 0.5) is 4.79 Å². The van der Waals surface area contributed by atoms with Crippen molar-refractivity contribution in [2.24, 2.45) is 5.10 Å². The largest absolute Gasteiger partial charge is 0.493 e. The number of nitrogens with zero attached hydrogens (tertiary/aromatic N) is 1. The molecule has 1 heterocycles. The van der Waals surface area contributed by atoms with E-state index >= 15 is 0 Å². The van der Waals surface area contributed by atoms with Gasteiger partial charge in [-0.05, 0) is 78.4 Å². The highest BCUT2D eigenvalue weighted by Gasteiger charge is 2.32. The van der Waals surface area contributed by atoms with Crippen molar-refractivity contribution in [2.45, 2.75) is 26.5 Å². The lowest BCUT2D eigenvalue weighted by Crippen LogP contribution is -2.45. The topological polar surface area (TPSA) is 137 Å². The highest BCUT2D eigenvalue weighted by atomic mass is 127. The number of nitrogens with one attached hydrogen (secondary N) is 3. The summed E-state index contributed by atoms with van der Waals surface area (Å²) in [7, 11) is 1.44. The molecule has 1 aliphatic rings. The van der Waals surface area contributed by atoms with Gasteiger partial charge in [0.2, 0.25) is 0 Å². The van der Waals surface area contributed by atoms with Gasteiger partial charge in [0, 0.05) is 31.3 Å². The van der Waals surface area contributed by atoms with Crippen LogP contribution in [0.25, 0.3) is 0 Å². The minimum absolute atomic E-state index is 0.176. The molecule has 15 heteroatoms. The predicted octanol–water partition coefficient (Wildman–Crippen LogP) is 6.67. The second-order valence-corrected chi connectivity index (χ2v) is 12.5. The summed E-state index contributed by atoms with van der Waals surface area (Å²) in [6.45, 7) is 3.31. The van der Waals surface area contributed by atoms with Gasteiger partial charge in [-0.25, -0.2) is 15.0 Å². The van der Waals surface area contributed by atoms with Crippen LogP contribution in [-0.4, -0.2) is 44.4 Å². The van der Waals surface area contributed by atoms with Gasteiger partial charge in [-0.15, -0.1) is 0 Å². The third kappa shape index (κ3) is 9.05. The molecule has 0 saturated carbocycles. The fraction of sp³-hybridized carbons (Fsp3) is 0.226. The number of rotatable bonds is 12. The number of esters is 1. The second kappa shape index (κ2) is 16.3. The average molecular weight is 846 g/mol. The van der Waals surface area contributed by atoms with E-state index in [1.807, 2.05) is 6.07 Å². The Labute approximate surface area is 297 Å². The molecule has 0 aliphatic carbocycles. The van der Waals surface area contributed by atoms with E-state index in [4.69, 9.17) is 42.1 Å². The Kier molecular flexibility index (Phi) is 12.5. The molecule has 11 nitrogen and oxygen atoms in total. The van der Waals surface area contributed by atoms with Gasteiger partial charge in [-0.3, -0.25) is 4.79 Å². The Hall–Kier alpha value is -3.53. The van der Waals surface area contributed by atoms with Crippen molar-refractivity contribution < 1.29 is 33.3 Å². The Morgan fingerprint density at radius 1 is 1.11 bits per heavy atom. The zero-order chi connectivity index (χ0) is 33.4. The van der Waals surface area contributed by atoms with Gasteiger partial charge in [-0.1, -0.05) is 51.3 Å². The summed E-state index contributed by atoms with van der Waals surface area (Å²) in [5.41, 5.74) is 5.00. The third-order valence-electron chi connectivity index (χ3n) is 6.46. The van der Waals surface area contributed by atoms with Gasteiger partial charge in [0.25, 0.3) is 5.91 Å². The van der Waals surface area contributed by atoms with Crippen molar-refractivity contribution in [1.29, 1.82) is 0 Å². The predicted molar refractivity (Wildman–Crippen MR) is 186 cm³/mol. The van der Waals surface area contributed by atoms with Crippen LogP contribution in [0.3, 0.4) is 0 Å². The number of carbonyl (C=O) groups is 3. The van der Waals surface area contributed by atoms with E-state index < -0.39 is 23.9 Å². The molecule has 3 aromatic rings. The van der Waals surface area contributed by atoms with Gasteiger partial charge in [-0.2, -0.15) is 5.10 Å². The number of allylic oxidation sites excluding steroid dienone is 1. The van der Waals surface area contributed by atoms with Crippen LogP contribution in [0.1, 0.15) is 36.6 Å². The van der Waals surface area contributed by atoms with E-state index in [0.29, 0.717) is 32.6 Å². The molecular weight excluding hydrogens is 818 g/mol. The van der Waals surface area contributed by atoms with Crippen molar-refractivity contribution in [1.82, 2.24) is 16.1 Å². The zero-order valence-electron chi connectivity index (χ0n) is 24.7. The summed E-state index contributed by atoms with van der Waals surface area (Å²) in [6, 6.07) is 12.5. The Balaban J connectivity index is 1.42. The number of benzene rings is 3. The Bertz CT molecular complexity index is 1720. The average Bonchev–Trinajstić information content (AvgIpc) is 3.00. The van der Waals surface area contributed by atoms with Crippen molar-refractivity contribution in [3.8, 4) is 17.2 Å². The molecule has 3 N–H and O–H groups in total. The normalized spacial score (nSPS) is 14.4. The first-order chi connectivity index (χ1) is 22.0. The van der Waals surface area contributed by atoms with Crippen LogP contribution in [-0.2, 0) is 20.9 Å². The molecule has 0 bridgehead atoms. The van der Waals surface area contributed by atoms with Crippen LogP contribution in [0.5, 0.6) is 17.2 Å². The van der Waals surface area contributed by atoms with Crippen LogP contribution in [0, 0.1) is 3.57 Å². The summed E-state index contributed by atoms with van der Waals surface area (Å²) < 4.78 is 24.0. The molecule has 3 amide bonds. The molecule has 0 saturated heterocycles. The maximum Gasteiger partial charge on any atom is 0.338 e. The molecular formula is C31H28BrCl2IN4O7. The van der Waals surface area contributed by atoms with Crippen molar-refractivity contribution in [3.05, 3.63) is 94.6 Å². The van der Waals surface area contributed by atoms with Crippen molar-refractivity contribution in [3.63, 3.8) is 0 Å². The molecule has 46 heavy (non-hydrogen) atoms. The quantitative estimate of drug-likeness (QED) is 0.0803. The molecule has 0 spiro atoms. The second-order valence-electron chi connectivity index (χ2n) is 9.61. The summed E-state index contributed by atoms with van der Waals surface area (Å²) in [5, 5.41) is 10.4. The van der Waals surface area contributed by atoms with E-state index in [9.17, 15) is 14.4 Å². The first-order valence-corrected chi connectivity index (χ1v) is 16.3. The van der Waals surface area contributed by atoms with Gasteiger partial charge in [0.1, 0.15) is 12.4 Å². The fourth-order valence-corrected chi connectivity index (χ4v) is 6.54. The van der Waals surface area contributed by atoms with Crippen molar-refractivity contribution >= 4 is 85.8 Å². The van der Waals surface area contributed by atoms with Gasteiger partial charge >= 0.3 is 12.0 Å². The first kappa shape index (κ1) is 35.3. The molecule has 0 unspecified atom stereocenters. The Morgan fingerprint density at radius 3 is 2.61 bits per heavy atom. The number of halogens is 4. The molecule has 3 aromatic carbocycles. The van der Waals surface area contributed by atoms with E-state index in [1.165, 1.54) is 13.3 Å². The summed E-state index contributed by atoms with van der Waals surface area (Å²) in [6.07, 6.45) is 1.46. The van der Waals surface area contributed by atoms with E-state index in [0.717, 1.165) is 13.6 Å². The number of amides is 3. The lowest BCUT2D eigenvalue weighted by atomic mass is 9.95. The SMILES string of the molecule is CCOC(=O)C1=C(C)NC(=O)N[C@H]1c1ccc(OCC(=O)N/N=C/c2cc(Br)cc(I)c2OCc2ccc(Cl)cc2Cl)c(OC)c1. The summed E-state index contributed by atoms with van der Waals surface area (Å²) in [4.78, 5) is 37.4. The maximum absolute atomic E-state index is 12.6. The number of hydrogen-bond acceptors (Lipinski definition) is 8. The maximum atomic E-state index is 12.6. The van der Waals surface area contributed by atoms with E-state index in [2.05, 4.69) is 59.7 Å². The lowest BCUT2D eigenvalue weighted by molar-refractivity contribution is -0.139.